The second-order valence-corrected chi connectivity index (χ2v) is 5.24. The van der Waals surface area contributed by atoms with E-state index < -0.39 is 37.0 Å². The quantitative estimate of drug-likeness (QED) is 0.563. The van der Waals surface area contributed by atoms with Crippen LogP contribution in [0.3, 0.4) is 0 Å². The maximum Gasteiger partial charge on any atom is 0.184 e. The Morgan fingerprint density at radius 1 is 1.14 bits per heavy atom. The zero-order chi connectivity index (χ0) is 15.9. The molecule has 2 fully saturated rings. The van der Waals surface area contributed by atoms with Crippen LogP contribution in [0.1, 0.15) is 11.9 Å². The molecule has 2 aliphatic heterocycles. The zero-order valence-electron chi connectivity index (χ0n) is 11.8. The molecule has 0 amide bonds. The van der Waals surface area contributed by atoms with Gasteiger partial charge in [-0.15, -0.1) is 0 Å². The van der Waals surface area contributed by atoms with Gasteiger partial charge < -0.3 is 39.4 Å². The van der Waals surface area contributed by atoms with E-state index in [1.54, 1.807) is 12.1 Å². The van der Waals surface area contributed by atoms with Crippen molar-refractivity contribution in [1.29, 1.82) is 0 Å². The predicted octanol–water partition coefficient (Wildman–Crippen LogP) is -0.746. The Kier molecular flexibility index (Phi) is 4.22. The summed E-state index contributed by atoms with van der Waals surface area (Å²) in [7, 11) is 1.42. The van der Waals surface area contributed by atoms with E-state index in [4.69, 9.17) is 18.9 Å². The van der Waals surface area contributed by atoms with Crippen LogP contribution in [0.2, 0.25) is 0 Å². The van der Waals surface area contributed by atoms with Gasteiger partial charge in [-0.25, -0.2) is 0 Å². The van der Waals surface area contributed by atoms with E-state index in [1.165, 1.54) is 13.2 Å². The van der Waals surface area contributed by atoms with Gasteiger partial charge in [0.25, 0.3) is 0 Å². The van der Waals surface area contributed by atoms with Gasteiger partial charge in [0.15, 0.2) is 24.1 Å². The molecule has 8 nitrogen and oxygen atoms in total. The van der Waals surface area contributed by atoms with Crippen LogP contribution < -0.4 is 4.74 Å². The van der Waals surface area contributed by atoms with E-state index in [2.05, 4.69) is 0 Å². The van der Waals surface area contributed by atoms with Crippen molar-refractivity contribution in [2.24, 2.45) is 0 Å². The van der Waals surface area contributed by atoms with Gasteiger partial charge in [-0.2, -0.15) is 0 Å². The minimum absolute atomic E-state index is 0.0143. The lowest BCUT2D eigenvalue weighted by molar-refractivity contribution is -0.354. The first-order chi connectivity index (χ1) is 10.5. The Balaban J connectivity index is 1.78. The number of fused-ring (bicyclic) bond motifs is 1. The molecule has 2 unspecified atom stereocenters. The molecule has 0 aliphatic carbocycles. The first-order valence-corrected chi connectivity index (χ1v) is 6.85. The maximum atomic E-state index is 10.0. The van der Waals surface area contributed by atoms with Gasteiger partial charge in [-0.1, -0.05) is 6.07 Å². The average Bonchev–Trinajstić information content (AvgIpc) is 2.53. The molecule has 0 bridgehead atoms. The standard InChI is InChI=1S/C14H18O8/c1-19-8-4-6(2-3-7(8)15)14-20-5-9-12(22-14)10(16)11(17)13(18)21-9/h2-4,9-18H,5H2,1H3/t9-,10-,11-,12-,13?,14?/m1/s1. The molecule has 22 heavy (non-hydrogen) atoms. The van der Waals surface area contributed by atoms with Crippen LogP contribution in [0, 0.1) is 0 Å². The minimum Gasteiger partial charge on any atom is -0.504 e. The summed E-state index contributed by atoms with van der Waals surface area (Å²) >= 11 is 0. The fourth-order valence-electron chi connectivity index (χ4n) is 2.60. The van der Waals surface area contributed by atoms with Crippen molar-refractivity contribution in [3.63, 3.8) is 0 Å². The number of aliphatic hydroxyl groups is 3. The van der Waals surface area contributed by atoms with Gasteiger partial charge in [-0.3, -0.25) is 0 Å². The summed E-state index contributed by atoms with van der Waals surface area (Å²) in [6, 6.07) is 4.60. The number of hydrogen-bond acceptors (Lipinski definition) is 8. The van der Waals surface area contributed by atoms with Gasteiger partial charge in [-0.05, 0) is 12.1 Å². The molecule has 1 aromatic rings. The average molecular weight is 314 g/mol. The zero-order valence-corrected chi connectivity index (χ0v) is 11.8. The van der Waals surface area contributed by atoms with Crippen LogP contribution in [0.15, 0.2) is 18.2 Å². The summed E-state index contributed by atoms with van der Waals surface area (Å²) in [6.07, 6.45) is -6.54. The minimum atomic E-state index is -1.48. The van der Waals surface area contributed by atoms with Crippen molar-refractivity contribution >= 4 is 0 Å². The van der Waals surface area contributed by atoms with Gasteiger partial charge in [0.2, 0.25) is 0 Å². The monoisotopic (exact) mass is 314 g/mol. The second kappa shape index (κ2) is 5.99. The Morgan fingerprint density at radius 2 is 1.91 bits per heavy atom. The predicted molar refractivity (Wildman–Crippen MR) is 71.1 cm³/mol. The highest BCUT2D eigenvalue weighted by molar-refractivity contribution is 5.42. The number of phenols is 1. The van der Waals surface area contributed by atoms with Crippen molar-refractivity contribution in [2.75, 3.05) is 13.7 Å². The van der Waals surface area contributed by atoms with Gasteiger partial charge in [0.1, 0.15) is 24.4 Å². The number of aromatic hydroxyl groups is 1. The summed E-state index contributed by atoms with van der Waals surface area (Å²) in [5.41, 5.74) is 0.584. The number of methoxy groups -OCH3 is 1. The fourth-order valence-corrected chi connectivity index (χ4v) is 2.60. The number of benzene rings is 1. The Morgan fingerprint density at radius 3 is 2.64 bits per heavy atom. The lowest BCUT2D eigenvalue weighted by Crippen LogP contribution is -2.61. The smallest absolute Gasteiger partial charge is 0.184 e. The maximum absolute atomic E-state index is 10.0. The SMILES string of the molecule is COc1cc(C2OC[C@H]3OC(O)[C@H](O)[C@@H](O)[C@@H]3O2)ccc1O. The highest BCUT2D eigenvalue weighted by Crippen LogP contribution is 2.36. The first-order valence-electron chi connectivity index (χ1n) is 6.85. The van der Waals surface area contributed by atoms with E-state index in [0.717, 1.165) is 0 Å². The molecule has 2 saturated heterocycles. The molecule has 3 rings (SSSR count). The third kappa shape index (κ3) is 2.65. The molecule has 6 atom stereocenters. The molecule has 0 saturated carbocycles. The Bertz CT molecular complexity index is 534. The summed E-state index contributed by atoms with van der Waals surface area (Å²) in [4.78, 5) is 0. The van der Waals surface area contributed by atoms with Crippen molar-refractivity contribution in [3.05, 3.63) is 23.8 Å². The van der Waals surface area contributed by atoms with Gasteiger partial charge >= 0.3 is 0 Å². The highest BCUT2D eigenvalue weighted by atomic mass is 16.7. The Hall–Kier alpha value is -1.42. The van der Waals surface area contributed by atoms with Crippen molar-refractivity contribution in [1.82, 2.24) is 0 Å². The summed E-state index contributed by atoms with van der Waals surface area (Å²) < 4.78 is 21.3. The topological polar surface area (TPSA) is 118 Å². The van der Waals surface area contributed by atoms with Crippen LogP contribution in [-0.4, -0.2) is 64.8 Å². The van der Waals surface area contributed by atoms with Crippen LogP contribution in [0.4, 0.5) is 0 Å². The molecule has 4 N–H and O–H groups in total. The van der Waals surface area contributed by atoms with E-state index in [1.807, 2.05) is 0 Å². The number of aliphatic hydroxyl groups excluding tert-OH is 3. The third-order valence-corrected chi connectivity index (χ3v) is 3.83. The normalized spacial score (nSPS) is 38.4. The van der Waals surface area contributed by atoms with E-state index in [-0.39, 0.29) is 18.1 Å². The van der Waals surface area contributed by atoms with E-state index in [9.17, 15) is 20.4 Å². The molecule has 122 valence electrons. The molecule has 0 aromatic heterocycles. The molecule has 0 radical (unpaired) electrons. The second-order valence-electron chi connectivity index (χ2n) is 5.24. The lowest BCUT2D eigenvalue weighted by atomic mass is 9.98. The van der Waals surface area contributed by atoms with Crippen molar-refractivity contribution in [3.8, 4) is 11.5 Å². The van der Waals surface area contributed by atoms with Crippen LogP contribution in [0.25, 0.3) is 0 Å². The van der Waals surface area contributed by atoms with Crippen molar-refractivity contribution in [2.45, 2.75) is 37.0 Å². The molecular formula is C14H18O8. The molecule has 2 aliphatic rings. The van der Waals surface area contributed by atoms with E-state index in [0.29, 0.717) is 5.56 Å². The largest absolute Gasteiger partial charge is 0.504 e. The van der Waals surface area contributed by atoms with Crippen LogP contribution in [0.5, 0.6) is 11.5 Å². The summed E-state index contributed by atoms with van der Waals surface area (Å²) in [6.45, 7) is 0.0827. The highest BCUT2D eigenvalue weighted by Gasteiger charge is 2.48. The molecule has 8 heteroatoms. The van der Waals surface area contributed by atoms with Gasteiger partial charge in [0, 0.05) is 5.56 Å². The third-order valence-electron chi connectivity index (χ3n) is 3.83. The van der Waals surface area contributed by atoms with Gasteiger partial charge in [0.05, 0.1) is 13.7 Å². The molecule has 2 heterocycles. The fraction of sp³-hybridized carbons (Fsp3) is 0.571. The molecule has 0 spiro atoms. The summed E-state index contributed by atoms with van der Waals surface area (Å²) in [5.74, 6) is 0.252. The first kappa shape index (κ1) is 15.5. The lowest BCUT2D eigenvalue weighted by Gasteiger charge is -2.45. The number of rotatable bonds is 2. The summed E-state index contributed by atoms with van der Waals surface area (Å²) in [5, 5.41) is 38.8. The number of ether oxygens (including phenoxy) is 4. The number of hydrogen-bond donors (Lipinski definition) is 4. The van der Waals surface area contributed by atoms with Crippen molar-refractivity contribution < 1.29 is 39.4 Å². The molecular weight excluding hydrogens is 296 g/mol. The molecule has 1 aromatic carbocycles. The van der Waals surface area contributed by atoms with E-state index >= 15 is 0 Å². The van der Waals surface area contributed by atoms with Crippen LogP contribution in [-0.2, 0) is 14.2 Å². The number of phenolic OH excluding ortho intramolecular Hbond substituents is 1. The Labute approximate surface area is 126 Å². The van der Waals surface area contributed by atoms with Crippen LogP contribution >= 0.6 is 0 Å².